The van der Waals surface area contributed by atoms with Crippen molar-refractivity contribution in [1.29, 1.82) is 0 Å². The maximum Gasteiger partial charge on any atom is 0.272 e. The van der Waals surface area contributed by atoms with Gasteiger partial charge in [0.15, 0.2) is 5.69 Å². The Labute approximate surface area is 211 Å². The first-order valence-corrected chi connectivity index (χ1v) is 11.9. The minimum atomic E-state index is -0.298. The van der Waals surface area contributed by atoms with E-state index in [0.717, 1.165) is 22.6 Å². The monoisotopic (exact) mass is 493 g/mol. The number of carbonyl (C=O) groups is 2. The lowest BCUT2D eigenvalue weighted by Crippen LogP contribution is -2.37. The first-order valence-electron chi connectivity index (χ1n) is 11.9. The summed E-state index contributed by atoms with van der Waals surface area (Å²) in [5.74, 6) is -0.428. The summed E-state index contributed by atoms with van der Waals surface area (Å²) in [7, 11) is 0. The second-order valence-corrected chi connectivity index (χ2v) is 8.61. The number of para-hydroxylation sites is 2. The summed E-state index contributed by atoms with van der Waals surface area (Å²) in [5, 5.41) is 23.1. The van der Waals surface area contributed by atoms with Crippen LogP contribution in [0.3, 0.4) is 0 Å². The molecule has 3 aromatic heterocycles. The van der Waals surface area contributed by atoms with Crippen LogP contribution in [0.1, 0.15) is 37.9 Å². The third kappa shape index (κ3) is 4.38. The van der Waals surface area contributed by atoms with Gasteiger partial charge in [0, 0.05) is 12.1 Å². The number of fused-ring (bicyclic) bond motifs is 1. The van der Waals surface area contributed by atoms with Crippen LogP contribution < -0.4 is 5.32 Å². The molecular formula is C26H23N9O2. The van der Waals surface area contributed by atoms with Gasteiger partial charge in [-0.2, -0.15) is 25.2 Å². The summed E-state index contributed by atoms with van der Waals surface area (Å²) in [5.41, 5.74) is 4.69. The zero-order valence-corrected chi connectivity index (χ0v) is 19.8. The fourth-order valence-electron chi connectivity index (χ4n) is 4.40. The van der Waals surface area contributed by atoms with Gasteiger partial charge in [-0.25, -0.2) is 4.68 Å². The highest BCUT2D eigenvalue weighted by atomic mass is 16.2. The van der Waals surface area contributed by atoms with Crippen molar-refractivity contribution in [3.63, 3.8) is 0 Å². The van der Waals surface area contributed by atoms with Gasteiger partial charge >= 0.3 is 0 Å². The van der Waals surface area contributed by atoms with Gasteiger partial charge in [-0.1, -0.05) is 36.4 Å². The summed E-state index contributed by atoms with van der Waals surface area (Å²) in [4.78, 5) is 29.5. The topological polar surface area (TPSA) is 127 Å². The molecule has 5 aromatic rings. The highest BCUT2D eigenvalue weighted by Gasteiger charge is 2.29. The van der Waals surface area contributed by atoms with E-state index in [0.29, 0.717) is 36.6 Å². The molecule has 11 heteroatoms. The Hall–Kier alpha value is -5.06. The maximum absolute atomic E-state index is 13.3. The molecular weight excluding hydrogens is 470 g/mol. The Balaban J connectivity index is 1.12. The summed E-state index contributed by atoms with van der Waals surface area (Å²) in [6, 6.07) is 20.8. The fraction of sp³-hybridized carbons (Fsp3) is 0.154. The van der Waals surface area contributed by atoms with E-state index in [4.69, 9.17) is 0 Å². The minimum Gasteiger partial charge on any atom is -0.345 e. The second-order valence-electron chi connectivity index (χ2n) is 8.61. The minimum absolute atomic E-state index is 0.130. The van der Waals surface area contributed by atoms with Gasteiger partial charge in [-0.05, 0) is 36.8 Å². The molecule has 184 valence electrons. The molecule has 1 aliphatic rings. The van der Waals surface area contributed by atoms with E-state index in [1.807, 2.05) is 60.7 Å². The van der Waals surface area contributed by atoms with Crippen LogP contribution >= 0.6 is 0 Å². The van der Waals surface area contributed by atoms with E-state index >= 15 is 0 Å². The van der Waals surface area contributed by atoms with Gasteiger partial charge in [0.25, 0.3) is 11.8 Å². The van der Waals surface area contributed by atoms with Crippen molar-refractivity contribution >= 4 is 11.8 Å². The predicted octanol–water partition coefficient (Wildman–Crippen LogP) is 2.30. The lowest BCUT2D eigenvalue weighted by Gasteiger charge is -2.27. The van der Waals surface area contributed by atoms with Gasteiger partial charge in [-0.3, -0.25) is 14.7 Å². The quantitative estimate of drug-likeness (QED) is 0.374. The molecule has 0 unspecified atom stereocenters. The normalized spacial score (nSPS) is 12.8. The van der Waals surface area contributed by atoms with Crippen LogP contribution in [0.15, 0.2) is 79.1 Å². The van der Waals surface area contributed by atoms with Crippen molar-refractivity contribution in [2.24, 2.45) is 0 Å². The molecule has 11 nitrogen and oxygen atoms in total. The molecule has 2 aromatic carbocycles. The van der Waals surface area contributed by atoms with E-state index in [1.165, 1.54) is 4.80 Å². The summed E-state index contributed by atoms with van der Waals surface area (Å²) in [6.07, 6.45) is 3.76. The van der Waals surface area contributed by atoms with E-state index in [2.05, 4.69) is 30.8 Å². The summed E-state index contributed by atoms with van der Waals surface area (Å²) < 4.78 is 1.64. The molecule has 0 radical (unpaired) electrons. The predicted molar refractivity (Wildman–Crippen MR) is 133 cm³/mol. The van der Waals surface area contributed by atoms with Gasteiger partial charge in [0.05, 0.1) is 42.6 Å². The van der Waals surface area contributed by atoms with E-state index < -0.39 is 0 Å². The average molecular weight is 494 g/mol. The van der Waals surface area contributed by atoms with Crippen LogP contribution in [0.4, 0.5) is 0 Å². The van der Waals surface area contributed by atoms with Crippen molar-refractivity contribution in [2.45, 2.75) is 19.5 Å². The van der Waals surface area contributed by atoms with Crippen LogP contribution in [-0.4, -0.2) is 58.2 Å². The molecule has 0 bridgehead atoms. The van der Waals surface area contributed by atoms with Crippen LogP contribution in [-0.2, 0) is 19.5 Å². The summed E-state index contributed by atoms with van der Waals surface area (Å²) >= 11 is 0. The van der Waals surface area contributed by atoms with E-state index in [9.17, 15) is 9.59 Å². The molecule has 0 aliphatic carbocycles. The molecule has 4 heterocycles. The Morgan fingerprint density at radius 3 is 2.49 bits per heavy atom. The lowest BCUT2D eigenvalue weighted by atomic mass is 10.0. The maximum atomic E-state index is 13.3. The molecule has 37 heavy (non-hydrogen) atoms. The second kappa shape index (κ2) is 9.53. The number of hydrogen-bond acceptors (Lipinski definition) is 6. The number of rotatable bonds is 6. The number of aromatic amines is 1. The molecule has 0 saturated carbocycles. The SMILES string of the molecule is O=C(NCc1cnn(-c2ccccc2)n1)c1n[nH]c2c1CCN(C(=O)c1ccnn1-c1ccccc1)C2. The molecule has 0 spiro atoms. The van der Waals surface area contributed by atoms with Crippen molar-refractivity contribution in [3.8, 4) is 11.4 Å². The Morgan fingerprint density at radius 2 is 1.70 bits per heavy atom. The Morgan fingerprint density at radius 1 is 0.946 bits per heavy atom. The first kappa shape index (κ1) is 22.4. The molecule has 2 amide bonds. The third-order valence-corrected chi connectivity index (χ3v) is 6.25. The Kier molecular flexibility index (Phi) is 5.77. The number of amides is 2. The molecule has 6 rings (SSSR count). The molecule has 0 fully saturated rings. The Bertz CT molecular complexity index is 1550. The van der Waals surface area contributed by atoms with Crippen LogP contribution in [0.25, 0.3) is 11.4 Å². The summed E-state index contributed by atoms with van der Waals surface area (Å²) in [6.45, 7) is 1.03. The lowest BCUT2D eigenvalue weighted by molar-refractivity contribution is 0.0723. The molecule has 0 atom stereocenters. The average Bonchev–Trinajstić information content (AvgIpc) is 3.72. The molecule has 0 saturated heterocycles. The van der Waals surface area contributed by atoms with Crippen LogP contribution in [0, 0.1) is 0 Å². The third-order valence-electron chi connectivity index (χ3n) is 6.25. The molecule has 2 N–H and O–H groups in total. The highest BCUT2D eigenvalue weighted by molar-refractivity contribution is 5.95. The fourth-order valence-corrected chi connectivity index (χ4v) is 4.40. The molecule has 1 aliphatic heterocycles. The number of aromatic nitrogens is 7. The zero-order valence-electron chi connectivity index (χ0n) is 19.8. The van der Waals surface area contributed by atoms with Gasteiger partial charge < -0.3 is 10.2 Å². The van der Waals surface area contributed by atoms with Gasteiger partial charge in [-0.15, -0.1) is 0 Å². The van der Waals surface area contributed by atoms with Gasteiger partial charge in [0.1, 0.15) is 11.4 Å². The number of hydrogen-bond donors (Lipinski definition) is 2. The first-order chi connectivity index (χ1) is 18.2. The number of nitrogens with one attached hydrogen (secondary N) is 2. The number of benzene rings is 2. The van der Waals surface area contributed by atoms with E-state index in [-0.39, 0.29) is 18.4 Å². The smallest absolute Gasteiger partial charge is 0.272 e. The van der Waals surface area contributed by atoms with Crippen molar-refractivity contribution < 1.29 is 9.59 Å². The van der Waals surface area contributed by atoms with Gasteiger partial charge in [0.2, 0.25) is 0 Å². The number of nitrogens with zero attached hydrogens (tertiary/aromatic N) is 7. The largest absolute Gasteiger partial charge is 0.345 e. The van der Waals surface area contributed by atoms with E-state index in [1.54, 1.807) is 28.0 Å². The highest BCUT2D eigenvalue weighted by Crippen LogP contribution is 2.22. The van der Waals surface area contributed by atoms with Crippen molar-refractivity contribution in [1.82, 2.24) is 45.2 Å². The van der Waals surface area contributed by atoms with Crippen LogP contribution in [0.5, 0.6) is 0 Å². The van der Waals surface area contributed by atoms with Crippen LogP contribution in [0.2, 0.25) is 0 Å². The number of carbonyl (C=O) groups excluding carboxylic acids is 2. The van der Waals surface area contributed by atoms with Crippen molar-refractivity contribution in [2.75, 3.05) is 6.54 Å². The van der Waals surface area contributed by atoms with Crippen molar-refractivity contribution in [3.05, 3.63) is 107 Å². The zero-order chi connectivity index (χ0) is 25.2. The number of H-pyrrole nitrogens is 1. The standard InChI is InChI=1S/C26H23N9O2/c36-25(27-15-18-16-29-35(32-18)20-9-5-2-6-10-20)24-21-12-14-33(17-22(21)30-31-24)26(37)23-11-13-28-34(23)19-7-3-1-4-8-19/h1-11,13,16H,12,14-15,17H2,(H,27,36)(H,30,31).